The zero-order chi connectivity index (χ0) is 12.6. The largest absolute Gasteiger partial charge is 0.0885 e. The van der Waals surface area contributed by atoms with Crippen molar-refractivity contribution >= 4 is 0 Å². The van der Waals surface area contributed by atoms with Gasteiger partial charge in [-0.2, -0.15) is 0 Å². The molecule has 0 bridgehead atoms. The lowest BCUT2D eigenvalue weighted by molar-refractivity contribution is 0.637. The molecule has 0 aliphatic carbocycles. The fourth-order valence-electron chi connectivity index (χ4n) is 1.69. The SMILES string of the molecule is CC/C=C\C/C=C\CC=CCCCCCCC. The van der Waals surface area contributed by atoms with Gasteiger partial charge >= 0.3 is 0 Å². The third kappa shape index (κ3) is 15.2. The van der Waals surface area contributed by atoms with Gasteiger partial charge in [0.2, 0.25) is 0 Å². The molecule has 0 aromatic carbocycles. The van der Waals surface area contributed by atoms with Crippen LogP contribution in [0.4, 0.5) is 0 Å². The standard InChI is InChI=1S/C17H30/c1-3-5-7-9-11-13-15-17-16-14-12-10-8-6-4-2/h5,7,11,13,16-17H,3-4,6,8-10,12,14-15H2,1-2H3/b7-5-,13-11-,17-16?. The molecule has 0 unspecified atom stereocenters. The van der Waals surface area contributed by atoms with Gasteiger partial charge in [-0.3, -0.25) is 0 Å². The van der Waals surface area contributed by atoms with Crippen molar-refractivity contribution in [1.82, 2.24) is 0 Å². The van der Waals surface area contributed by atoms with Crippen molar-refractivity contribution in [3.63, 3.8) is 0 Å². The van der Waals surface area contributed by atoms with Crippen LogP contribution in [0.25, 0.3) is 0 Å². The summed E-state index contributed by atoms with van der Waals surface area (Å²) in [6, 6.07) is 0. The second kappa shape index (κ2) is 15.2. The average molecular weight is 234 g/mol. The molecule has 98 valence electrons. The molecule has 0 radical (unpaired) electrons. The summed E-state index contributed by atoms with van der Waals surface area (Å²) in [5.74, 6) is 0. The maximum absolute atomic E-state index is 2.33. The molecular formula is C17H30. The number of unbranched alkanes of at least 4 members (excludes halogenated alkanes) is 5. The van der Waals surface area contributed by atoms with Gasteiger partial charge in [0.05, 0.1) is 0 Å². The summed E-state index contributed by atoms with van der Waals surface area (Å²) < 4.78 is 0. The molecule has 0 aromatic heterocycles. The van der Waals surface area contributed by atoms with Crippen LogP contribution in [0.3, 0.4) is 0 Å². The third-order valence-electron chi connectivity index (χ3n) is 2.75. The summed E-state index contributed by atoms with van der Waals surface area (Å²) in [5.41, 5.74) is 0. The molecule has 0 atom stereocenters. The zero-order valence-electron chi connectivity index (χ0n) is 11.8. The van der Waals surface area contributed by atoms with E-state index < -0.39 is 0 Å². The first-order chi connectivity index (χ1) is 8.41. The molecule has 0 saturated heterocycles. The van der Waals surface area contributed by atoms with Crippen molar-refractivity contribution < 1.29 is 0 Å². The van der Waals surface area contributed by atoms with Crippen LogP contribution in [0.15, 0.2) is 36.5 Å². The van der Waals surface area contributed by atoms with Crippen LogP contribution in [-0.4, -0.2) is 0 Å². The van der Waals surface area contributed by atoms with Gasteiger partial charge in [0, 0.05) is 0 Å². The molecule has 0 rings (SSSR count). The lowest BCUT2D eigenvalue weighted by Gasteiger charge is -1.95. The Balaban J connectivity index is 3.21. The summed E-state index contributed by atoms with van der Waals surface area (Å²) in [4.78, 5) is 0. The lowest BCUT2D eigenvalue weighted by Crippen LogP contribution is -1.75. The molecule has 0 aromatic rings. The molecule has 0 aliphatic rings. The number of hydrogen-bond donors (Lipinski definition) is 0. The minimum absolute atomic E-state index is 1.08. The summed E-state index contributed by atoms with van der Waals surface area (Å²) in [6.07, 6.45) is 25.1. The smallest absolute Gasteiger partial charge is 0.0169 e. The van der Waals surface area contributed by atoms with Gasteiger partial charge in [-0.05, 0) is 32.1 Å². The summed E-state index contributed by atoms with van der Waals surface area (Å²) in [6.45, 7) is 4.44. The highest BCUT2D eigenvalue weighted by molar-refractivity contribution is 4.96. The van der Waals surface area contributed by atoms with Crippen molar-refractivity contribution in [2.75, 3.05) is 0 Å². The van der Waals surface area contributed by atoms with Crippen LogP contribution >= 0.6 is 0 Å². The van der Waals surface area contributed by atoms with Crippen LogP contribution in [-0.2, 0) is 0 Å². The third-order valence-corrected chi connectivity index (χ3v) is 2.75. The van der Waals surface area contributed by atoms with E-state index in [1.807, 2.05) is 0 Å². The van der Waals surface area contributed by atoms with Gasteiger partial charge in [0.15, 0.2) is 0 Å². The Labute approximate surface area is 109 Å². The molecule has 0 heterocycles. The van der Waals surface area contributed by atoms with E-state index in [4.69, 9.17) is 0 Å². The molecule has 0 N–H and O–H groups in total. The van der Waals surface area contributed by atoms with Crippen molar-refractivity contribution in [3.8, 4) is 0 Å². The van der Waals surface area contributed by atoms with Gasteiger partial charge in [0.1, 0.15) is 0 Å². The highest BCUT2D eigenvalue weighted by Gasteiger charge is 1.85. The van der Waals surface area contributed by atoms with Gasteiger partial charge < -0.3 is 0 Å². The van der Waals surface area contributed by atoms with Gasteiger partial charge in [-0.15, -0.1) is 0 Å². The Morgan fingerprint density at radius 1 is 0.588 bits per heavy atom. The second-order valence-electron chi connectivity index (χ2n) is 4.50. The Bertz CT molecular complexity index is 208. The van der Waals surface area contributed by atoms with E-state index in [0.717, 1.165) is 19.3 Å². The summed E-state index contributed by atoms with van der Waals surface area (Å²) in [7, 11) is 0. The molecule has 0 fully saturated rings. The molecule has 0 amide bonds. The molecule has 0 spiro atoms. The van der Waals surface area contributed by atoms with E-state index in [1.165, 1.54) is 38.5 Å². The fraction of sp³-hybridized carbons (Fsp3) is 0.647. The van der Waals surface area contributed by atoms with Crippen molar-refractivity contribution in [3.05, 3.63) is 36.5 Å². The van der Waals surface area contributed by atoms with Gasteiger partial charge in [0.25, 0.3) is 0 Å². The van der Waals surface area contributed by atoms with Crippen LogP contribution in [0.5, 0.6) is 0 Å². The molecule has 0 nitrogen and oxygen atoms in total. The molecule has 0 aliphatic heterocycles. The van der Waals surface area contributed by atoms with Crippen LogP contribution in [0.1, 0.15) is 71.6 Å². The minimum Gasteiger partial charge on any atom is -0.0885 e. The first-order valence-corrected chi connectivity index (χ1v) is 7.36. The van der Waals surface area contributed by atoms with E-state index in [-0.39, 0.29) is 0 Å². The van der Waals surface area contributed by atoms with E-state index >= 15 is 0 Å². The maximum atomic E-state index is 2.33. The monoisotopic (exact) mass is 234 g/mol. The predicted molar refractivity (Wildman–Crippen MR) is 80.3 cm³/mol. The topological polar surface area (TPSA) is 0 Å². The second-order valence-corrected chi connectivity index (χ2v) is 4.50. The Morgan fingerprint density at radius 2 is 1.18 bits per heavy atom. The van der Waals surface area contributed by atoms with Crippen LogP contribution in [0.2, 0.25) is 0 Å². The molecule has 17 heavy (non-hydrogen) atoms. The first-order valence-electron chi connectivity index (χ1n) is 7.36. The van der Waals surface area contributed by atoms with E-state index in [9.17, 15) is 0 Å². The van der Waals surface area contributed by atoms with Crippen molar-refractivity contribution in [2.45, 2.75) is 71.6 Å². The molecule has 0 heteroatoms. The van der Waals surface area contributed by atoms with Gasteiger partial charge in [-0.1, -0.05) is 76.0 Å². The van der Waals surface area contributed by atoms with Crippen LogP contribution < -0.4 is 0 Å². The van der Waals surface area contributed by atoms with E-state index in [2.05, 4.69) is 50.3 Å². The normalized spacial score (nSPS) is 12.4. The molecular weight excluding hydrogens is 204 g/mol. The quantitative estimate of drug-likeness (QED) is 0.295. The molecule has 0 saturated carbocycles. The van der Waals surface area contributed by atoms with E-state index in [0.29, 0.717) is 0 Å². The Hall–Kier alpha value is -0.780. The highest BCUT2D eigenvalue weighted by atomic mass is 13.9. The maximum Gasteiger partial charge on any atom is -0.0169 e. The predicted octanol–water partition coefficient (Wildman–Crippen LogP) is 6.21. The van der Waals surface area contributed by atoms with Gasteiger partial charge in [-0.25, -0.2) is 0 Å². The van der Waals surface area contributed by atoms with Crippen LogP contribution in [0, 0.1) is 0 Å². The first kappa shape index (κ1) is 16.2. The fourth-order valence-corrected chi connectivity index (χ4v) is 1.69. The lowest BCUT2D eigenvalue weighted by atomic mass is 10.1. The summed E-state index contributed by atoms with van der Waals surface area (Å²) in [5, 5.41) is 0. The minimum atomic E-state index is 1.08. The zero-order valence-corrected chi connectivity index (χ0v) is 11.8. The van der Waals surface area contributed by atoms with Crippen molar-refractivity contribution in [1.29, 1.82) is 0 Å². The number of allylic oxidation sites excluding steroid dienone is 6. The highest BCUT2D eigenvalue weighted by Crippen LogP contribution is 2.05. The number of rotatable bonds is 11. The Morgan fingerprint density at radius 3 is 1.82 bits per heavy atom. The van der Waals surface area contributed by atoms with Crippen molar-refractivity contribution in [2.24, 2.45) is 0 Å². The summed E-state index contributed by atoms with van der Waals surface area (Å²) >= 11 is 0. The number of hydrogen-bond acceptors (Lipinski definition) is 0. The van der Waals surface area contributed by atoms with E-state index in [1.54, 1.807) is 0 Å². The average Bonchev–Trinajstić information content (AvgIpc) is 2.35. The Kier molecular flexibility index (Phi) is 14.5.